The van der Waals surface area contributed by atoms with Gasteiger partial charge in [-0.1, -0.05) is 25.5 Å². The van der Waals surface area contributed by atoms with E-state index in [4.69, 9.17) is 0 Å². The molecule has 0 saturated heterocycles. The predicted octanol–water partition coefficient (Wildman–Crippen LogP) is 2.78. The third-order valence-electron chi connectivity index (χ3n) is 3.27. The second-order valence-electron chi connectivity index (χ2n) is 5.30. The molecule has 1 amide bonds. The fourth-order valence-corrected chi connectivity index (χ4v) is 3.03. The predicted molar refractivity (Wildman–Crippen MR) is 86.2 cm³/mol. The van der Waals surface area contributed by atoms with E-state index >= 15 is 0 Å². The Kier molecular flexibility index (Phi) is 7.07. The average molecular weight is 366 g/mol. The first-order valence-electron chi connectivity index (χ1n) is 7.48. The van der Waals surface area contributed by atoms with E-state index in [2.05, 4.69) is 5.32 Å². The molecule has 0 aliphatic carbocycles. The summed E-state index contributed by atoms with van der Waals surface area (Å²) in [5, 5.41) is 2.60. The van der Waals surface area contributed by atoms with E-state index in [1.807, 2.05) is 6.92 Å². The van der Waals surface area contributed by atoms with Crippen molar-refractivity contribution in [2.75, 3.05) is 23.7 Å². The number of hydrogen-bond acceptors (Lipinski definition) is 3. The van der Waals surface area contributed by atoms with Gasteiger partial charge in [-0.2, -0.15) is 13.2 Å². The van der Waals surface area contributed by atoms with Crippen molar-refractivity contribution < 1.29 is 26.4 Å². The molecular formula is C15H21F3N2O3S. The molecule has 5 nitrogen and oxygen atoms in total. The van der Waals surface area contributed by atoms with Crippen molar-refractivity contribution >= 4 is 21.6 Å². The average Bonchev–Trinajstić information content (AvgIpc) is 2.46. The first-order chi connectivity index (χ1) is 11.1. The van der Waals surface area contributed by atoms with Crippen LogP contribution in [-0.4, -0.2) is 33.7 Å². The van der Waals surface area contributed by atoms with Gasteiger partial charge >= 0.3 is 6.18 Å². The first-order valence-corrected chi connectivity index (χ1v) is 9.32. The summed E-state index contributed by atoms with van der Waals surface area (Å²) in [5.74, 6) is -0.401. The summed E-state index contributed by atoms with van der Waals surface area (Å²) in [7, 11) is -3.97. The van der Waals surface area contributed by atoms with Gasteiger partial charge in [-0.25, -0.2) is 8.42 Å². The van der Waals surface area contributed by atoms with Crippen molar-refractivity contribution in [3.05, 3.63) is 29.8 Å². The van der Waals surface area contributed by atoms with Crippen LogP contribution in [0.4, 0.5) is 18.9 Å². The summed E-state index contributed by atoms with van der Waals surface area (Å²) in [6.07, 6.45) is -2.44. The summed E-state index contributed by atoms with van der Waals surface area (Å²) in [6, 6.07) is 4.40. The Labute approximate surface area is 139 Å². The van der Waals surface area contributed by atoms with Crippen LogP contribution in [0.25, 0.3) is 0 Å². The molecule has 1 rings (SSSR count). The van der Waals surface area contributed by atoms with Crippen LogP contribution < -0.4 is 9.62 Å². The highest BCUT2D eigenvalue weighted by Gasteiger charge is 2.36. The van der Waals surface area contributed by atoms with Gasteiger partial charge in [-0.05, 0) is 18.6 Å². The highest BCUT2D eigenvalue weighted by Crippen LogP contribution is 2.37. The lowest BCUT2D eigenvalue weighted by molar-refractivity contribution is -0.137. The fourth-order valence-electron chi connectivity index (χ4n) is 2.09. The van der Waals surface area contributed by atoms with Crippen molar-refractivity contribution in [2.24, 2.45) is 0 Å². The maximum absolute atomic E-state index is 13.1. The molecule has 0 bridgehead atoms. The zero-order chi connectivity index (χ0) is 18.4. The van der Waals surface area contributed by atoms with Gasteiger partial charge in [-0.3, -0.25) is 9.10 Å². The number of hydrogen-bond donors (Lipinski definition) is 1. The Balaban J connectivity index is 2.99. The SMILES string of the molecule is CCCCNC(=O)CCN(c1ccccc1C(F)(F)F)S(C)(=O)=O. The molecule has 0 spiro atoms. The summed E-state index contributed by atoms with van der Waals surface area (Å²) in [5.41, 5.74) is -1.53. The molecule has 0 aliphatic heterocycles. The zero-order valence-electron chi connectivity index (χ0n) is 13.6. The van der Waals surface area contributed by atoms with Crippen molar-refractivity contribution in [1.29, 1.82) is 0 Å². The smallest absolute Gasteiger partial charge is 0.356 e. The highest BCUT2D eigenvalue weighted by molar-refractivity contribution is 7.92. The molecule has 136 valence electrons. The standard InChI is InChI=1S/C15H21F3N2O3S/c1-3-4-10-19-14(21)9-11-20(24(2,22)23)13-8-6-5-7-12(13)15(16,17)18/h5-8H,3-4,9-11H2,1-2H3,(H,19,21). The van der Waals surface area contributed by atoms with E-state index in [-0.39, 0.29) is 13.0 Å². The zero-order valence-corrected chi connectivity index (χ0v) is 14.4. The number of carbonyl (C=O) groups is 1. The summed E-state index contributed by atoms with van der Waals surface area (Å²) < 4.78 is 63.7. The molecule has 0 saturated carbocycles. The minimum absolute atomic E-state index is 0.219. The third kappa shape index (κ3) is 6.03. The van der Waals surface area contributed by atoms with Gasteiger partial charge in [0.2, 0.25) is 15.9 Å². The lowest BCUT2D eigenvalue weighted by Crippen LogP contribution is -2.36. The van der Waals surface area contributed by atoms with E-state index in [1.54, 1.807) is 0 Å². The van der Waals surface area contributed by atoms with Crippen LogP contribution in [0, 0.1) is 0 Å². The molecule has 0 radical (unpaired) electrons. The summed E-state index contributed by atoms with van der Waals surface area (Å²) in [6.45, 7) is 2.04. The van der Waals surface area contributed by atoms with Crippen LogP contribution in [-0.2, 0) is 21.0 Å². The van der Waals surface area contributed by atoms with Crippen molar-refractivity contribution in [2.45, 2.75) is 32.4 Å². The number of alkyl halides is 3. The molecule has 24 heavy (non-hydrogen) atoms. The van der Waals surface area contributed by atoms with E-state index in [9.17, 15) is 26.4 Å². The number of nitrogens with zero attached hydrogens (tertiary/aromatic N) is 1. The van der Waals surface area contributed by atoms with E-state index in [0.717, 1.165) is 31.2 Å². The van der Waals surface area contributed by atoms with Gasteiger partial charge in [0, 0.05) is 19.5 Å². The van der Waals surface area contributed by atoms with Crippen molar-refractivity contribution in [3.63, 3.8) is 0 Å². The summed E-state index contributed by atoms with van der Waals surface area (Å²) in [4.78, 5) is 11.7. The molecule has 1 aromatic rings. The van der Waals surface area contributed by atoms with Crippen LogP contribution >= 0.6 is 0 Å². The van der Waals surface area contributed by atoms with E-state index in [0.29, 0.717) is 10.8 Å². The molecule has 1 aromatic carbocycles. The minimum atomic E-state index is -4.69. The molecule has 0 heterocycles. The third-order valence-corrected chi connectivity index (χ3v) is 4.45. The van der Waals surface area contributed by atoms with Crippen LogP contribution in [0.2, 0.25) is 0 Å². The molecule has 1 N–H and O–H groups in total. The number of nitrogens with one attached hydrogen (secondary N) is 1. The highest BCUT2D eigenvalue weighted by atomic mass is 32.2. The molecule has 0 atom stereocenters. The quantitative estimate of drug-likeness (QED) is 0.720. The first kappa shape index (κ1) is 20.3. The molecule has 0 fully saturated rings. The van der Waals surface area contributed by atoms with Gasteiger partial charge in [-0.15, -0.1) is 0 Å². The molecular weight excluding hydrogens is 345 g/mol. The van der Waals surface area contributed by atoms with Gasteiger partial charge in [0.1, 0.15) is 0 Å². The van der Waals surface area contributed by atoms with E-state index in [1.165, 1.54) is 12.1 Å². The van der Waals surface area contributed by atoms with Crippen LogP contribution in [0.1, 0.15) is 31.7 Å². The number of benzene rings is 1. The second-order valence-corrected chi connectivity index (χ2v) is 7.21. The van der Waals surface area contributed by atoms with Gasteiger partial charge in [0.15, 0.2) is 0 Å². The van der Waals surface area contributed by atoms with E-state index < -0.39 is 33.4 Å². The van der Waals surface area contributed by atoms with Crippen LogP contribution in [0.15, 0.2) is 24.3 Å². The number of anilines is 1. The Morgan fingerprint density at radius 3 is 2.42 bits per heavy atom. The lowest BCUT2D eigenvalue weighted by Gasteiger charge is -2.25. The number of carbonyl (C=O) groups excluding carboxylic acids is 1. The fraction of sp³-hybridized carbons (Fsp3) is 0.533. The Morgan fingerprint density at radius 2 is 1.88 bits per heavy atom. The van der Waals surface area contributed by atoms with Gasteiger partial charge in [0.05, 0.1) is 17.5 Å². The normalized spacial score (nSPS) is 12.0. The Hall–Kier alpha value is -1.77. The van der Waals surface area contributed by atoms with Crippen molar-refractivity contribution in [1.82, 2.24) is 5.32 Å². The molecule has 0 aliphatic rings. The monoisotopic (exact) mass is 366 g/mol. The Morgan fingerprint density at radius 1 is 1.25 bits per heavy atom. The topological polar surface area (TPSA) is 66.5 Å². The number of amides is 1. The lowest BCUT2D eigenvalue weighted by atomic mass is 10.1. The number of para-hydroxylation sites is 1. The molecule has 0 aromatic heterocycles. The van der Waals surface area contributed by atoms with Gasteiger partial charge < -0.3 is 5.32 Å². The maximum atomic E-state index is 13.1. The Bertz CT molecular complexity index is 660. The number of unbranched alkanes of at least 4 members (excludes halogenated alkanes) is 1. The largest absolute Gasteiger partial charge is 0.418 e. The number of halogens is 3. The van der Waals surface area contributed by atoms with Crippen LogP contribution in [0.3, 0.4) is 0 Å². The molecule has 9 heteroatoms. The number of sulfonamides is 1. The maximum Gasteiger partial charge on any atom is 0.418 e. The molecule has 0 unspecified atom stereocenters. The van der Waals surface area contributed by atoms with Crippen LogP contribution in [0.5, 0.6) is 0 Å². The second kappa shape index (κ2) is 8.36. The van der Waals surface area contributed by atoms with Crippen molar-refractivity contribution in [3.8, 4) is 0 Å². The van der Waals surface area contributed by atoms with Gasteiger partial charge in [0.25, 0.3) is 0 Å². The summed E-state index contributed by atoms with van der Waals surface area (Å²) >= 11 is 0. The number of rotatable bonds is 8. The minimum Gasteiger partial charge on any atom is -0.356 e.